The molecule has 0 fully saturated rings. The fourth-order valence-electron chi connectivity index (χ4n) is 1.31. The molecule has 2 aromatic rings. The zero-order valence-electron chi connectivity index (χ0n) is 7.16. The number of aliphatic hydroxyl groups is 1. The zero-order valence-corrected chi connectivity index (χ0v) is 10.1. The van der Waals surface area contributed by atoms with Crippen molar-refractivity contribution in [3.63, 3.8) is 0 Å². The van der Waals surface area contributed by atoms with E-state index in [2.05, 4.69) is 22.6 Å². The fraction of sp³-hybridized carbons (Fsp3) is 0.100. The minimum absolute atomic E-state index is 0.0421. The minimum Gasteiger partial charge on any atom is -0.392 e. The van der Waals surface area contributed by atoms with Gasteiger partial charge >= 0.3 is 0 Å². The first-order valence-electron chi connectivity index (χ1n) is 4.02. The average Bonchev–Trinajstić information content (AvgIpc) is 2.58. The Hall–Kier alpha value is -0.460. The fourth-order valence-corrected chi connectivity index (χ4v) is 3.06. The van der Waals surface area contributed by atoms with E-state index in [1.165, 1.54) is 11.3 Å². The molecule has 1 heterocycles. The Morgan fingerprint density at radius 3 is 2.86 bits per heavy atom. The van der Waals surface area contributed by atoms with Crippen LogP contribution in [0.3, 0.4) is 0 Å². The maximum atomic E-state index is 10.6. The first-order valence-corrected chi connectivity index (χ1v) is 5.92. The van der Waals surface area contributed by atoms with Gasteiger partial charge in [0.25, 0.3) is 0 Å². The van der Waals surface area contributed by atoms with Crippen molar-refractivity contribution in [1.29, 1.82) is 0 Å². The predicted octanol–water partition coefficient (Wildman–Crippen LogP) is 2.81. The molecule has 1 aromatic heterocycles. The largest absolute Gasteiger partial charge is 0.392 e. The summed E-state index contributed by atoms with van der Waals surface area (Å²) in [6.45, 7) is 0.0421. The van der Waals surface area contributed by atoms with E-state index in [4.69, 9.17) is 5.11 Å². The van der Waals surface area contributed by atoms with Crippen LogP contribution >= 0.6 is 33.9 Å². The van der Waals surface area contributed by atoms with Crippen molar-refractivity contribution in [3.05, 3.63) is 32.2 Å². The summed E-state index contributed by atoms with van der Waals surface area (Å²) in [5.41, 5.74) is 0.911. The van der Waals surface area contributed by atoms with Gasteiger partial charge in [0.05, 0.1) is 11.5 Å². The predicted molar refractivity (Wildman–Crippen MR) is 65.9 cm³/mol. The van der Waals surface area contributed by atoms with E-state index >= 15 is 0 Å². The van der Waals surface area contributed by atoms with Crippen molar-refractivity contribution in [3.8, 4) is 0 Å². The lowest BCUT2D eigenvalue weighted by Gasteiger charge is -1.99. The second kappa shape index (κ2) is 3.96. The van der Waals surface area contributed by atoms with Gasteiger partial charge in [0.15, 0.2) is 6.29 Å². The van der Waals surface area contributed by atoms with Gasteiger partial charge in [-0.2, -0.15) is 0 Å². The van der Waals surface area contributed by atoms with Crippen LogP contribution in [0.25, 0.3) is 10.1 Å². The molecule has 0 unspecified atom stereocenters. The number of thiophene rings is 1. The van der Waals surface area contributed by atoms with Gasteiger partial charge in [0, 0.05) is 8.27 Å². The van der Waals surface area contributed by atoms with Crippen LogP contribution in [0, 0.1) is 3.57 Å². The number of carbonyl (C=O) groups is 1. The van der Waals surface area contributed by atoms with E-state index in [0.717, 1.165) is 30.4 Å². The van der Waals surface area contributed by atoms with Crippen LogP contribution in [0.15, 0.2) is 18.2 Å². The standard InChI is InChI=1S/C10H7IO2S/c11-9-3-10-6(1-7(9)4-12)2-8(5-13)14-10/h1-3,5,12H,4H2. The Labute approximate surface area is 98.7 Å². The summed E-state index contributed by atoms with van der Waals surface area (Å²) in [5, 5.41) is 10.1. The van der Waals surface area contributed by atoms with E-state index in [1.54, 1.807) is 0 Å². The molecule has 0 aliphatic heterocycles. The van der Waals surface area contributed by atoms with Gasteiger partial charge in [-0.1, -0.05) is 0 Å². The Bertz CT molecular complexity index is 490. The van der Waals surface area contributed by atoms with E-state index in [9.17, 15) is 4.79 Å². The third kappa shape index (κ3) is 1.69. The van der Waals surface area contributed by atoms with Crippen molar-refractivity contribution < 1.29 is 9.90 Å². The molecule has 0 radical (unpaired) electrons. The number of aliphatic hydroxyl groups excluding tert-OH is 1. The maximum Gasteiger partial charge on any atom is 0.160 e. The summed E-state index contributed by atoms with van der Waals surface area (Å²) in [7, 11) is 0. The molecule has 0 aliphatic rings. The summed E-state index contributed by atoms with van der Waals surface area (Å²) in [6.07, 6.45) is 0.857. The Morgan fingerprint density at radius 1 is 1.43 bits per heavy atom. The van der Waals surface area contributed by atoms with E-state index in [1.807, 2.05) is 18.2 Å². The molecule has 0 spiro atoms. The minimum atomic E-state index is 0.0421. The van der Waals surface area contributed by atoms with Crippen molar-refractivity contribution in [2.45, 2.75) is 6.61 Å². The molecule has 2 rings (SSSR count). The quantitative estimate of drug-likeness (QED) is 0.683. The highest BCUT2D eigenvalue weighted by atomic mass is 127. The molecule has 14 heavy (non-hydrogen) atoms. The lowest BCUT2D eigenvalue weighted by Crippen LogP contribution is -1.86. The number of halogens is 1. The van der Waals surface area contributed by atoms with Gasteiger partial charge in [-0.05, 0) is 51.7 Å². The first kappa shape index (κ1) is 10.1. The number of fused-ring (bicyclic) bond motifs is 1. The Balaban J connectivity index is 2.69. The average molecular weight is 318 g/mol. The number of hydrogen-bond donors (Lipinski definition) is 1. The van der Waals surface area contributed by atoms with Crippen LogP contribution in [0.2, 0.25) is 0 Å². The highest BCUT2D eigenvalue weighted by Gasteiger charge is 2.05. The van der Waals surface area contributed by atoms with Crippen LogP contribution in [-0.4, -0.2) is 11.4 Å². The lowest BCUT2D eigenvalue weighted by atomic mass is 10.2. The highest BCUT2D eigenvalue weighted by molar-refractivity contribution is 14.1. The molecular weight excluding hydrogens is 311 g/mol. The summed E-state index contributed by atoms with van der Waals surface area (Å²) in [6, 6.07) is 5.78. The number of hydrogen-bond acceptors (Lipinski definition) is 3. The van der Waals surface area contributed by atoms with E-state index in [0.29, 0.717) is 0 Å². The SMILES string of the molecule is O=Cc1cc2cc(CO)c(I)cc2s1. The van der Waals surface area contributed by atoms with Crippen LogP contribution in [0.1, 0.15) is 15.2 Å². The molecule has 0 atom stereocenters. The van der Waals surface area contributed by atoms with Crippen LogP contribution in [0.4, 0.5) is 0 Å². The number of aldehydes is 1. The maximum absolute atomic E-state index is 10.6. The van der Waals surface area contributed by atoms with Gasteiger partial charge in [-0.3, -0.25) is 4.79 Å². The van der Waals surface area contributed by atoms with Crippen LogP contribution in [0.5, 0.6) is 0 Å². The molecular formula is C10H7IO2S. The molecule has 2 nitrogen and oxygen atoms in total. The Kier molecular flexibility index (Phi) is 2.85. The third-order valence-corrected chi connectivity index (χ3v) is 4.02. The summed E-state index contributed by atoms with van der Waals surface area (Å²) in [4.78, 5) is 11.3. The van der Waals surface area contributed by atoms with Crippen LogP contribution in [-0.2, 0) is 6.61 Å². The van der Waals surface area contributed by atoms with Crippen molar-refractivity contribution in [1.82, 2.24) is 0 Å². The van der Waals surface area contributed by atoms with Crippen molar-refractivity contribution in [2.24, 2.45) is 0 Å². The van der Waals surface area contributed by atoms with Crippen LogP contribution < -0.4 is 0 Å². The third-order valence-electron chi connectivity index (χ3n) is 1.99. The van der Waals surface area contributed by atoms with Crippen molar-refractivity contribution in [2.75, 3.05) is 0 Å². The van der Waals surface area contributed by atoms with E-state index in [-0.39, 0.29) is 6.61 Å². The molecule has 0 amide bonds. The highest BCUT2D eigenvalue weighted by Crippen LogP contribution is 2.28. The van der Waals surface area contributed by atoms with Gasteiger partial charge < -0.3 is 5.11 Å². The molecule has 1 aromatic carbocycles. The number of carbonyl (C=O) groups excluding carboxylic acids is 1. The number of benzene rings is 1. The van der Waals surface area contributed by atoms with E-state index < -0.39 is 0 Å². The summed E-state index contributed by atoms with van der Waals surface area (Å²) >= 11 is 3.66. The topological polar surface area (TPSA) is 37.3 Å². The van der Waals surface area contributed by atoms with Crippen molar-refractivity contribution >= 4 is 50.3 Å². The number of rotatable bonds is 2. The van der Waals surface area contributed by atoms with Gasteiger partial charge in [0.1, 0.15) is 0 Å². The molecule has 4 heteroatoms. The summed E-state index contributed by atoms with van der Waals surface area (Å²) in [5.74, 6) is 0. The lowest BCUT2D eigenvalue weighted by molar-refractivity contribution is 0.112. The molecule has 0 bridgehead atoms. The Morgan fingerprint density at radius 2 is 2.21 bits per heavy atom. The summed E-state index contributed by atoms with van der Waals surface area (Å²) < 4.78 is 2.13. The van der Waals surface area contributed by atoms with Gasteiger partial charge in [-0.15, -0.1) is 11.3 Å². The monoisotopic (exact) mass is 318 g/mol. The first-order chi connectivity index (χ1) is 6.74. The second-order valence-corrected chi connectivity index (χ2v) is 5.18. The zero-order chi connectivity index (χ0) is 10.1. The molecule has 0 aliphatic carbocycles. The van der Waals surface area contributed by atoms with Gasteiger partial charge in [-0.25, -0.2) is 0 Å². The molecule has 72 valence electrons. The normalized spacial score (nSPS) is 10.7. The molecule has 1 N–H and O–H groups in total. The molecule has 0 saturated heterocycles. The van der Waals surface area contributed by atoms with Gasteiger partial charge in [0.2, 0.25) is 0 Å². The molecule has 0 saturated carbocycles. The smallest absolute Gasteiger partial charge is 0.160 e. The second-order valence-electron chi connectivity index (χ2n) is 2.91.